The lowest BCUT2D eigenvalue weighted by Crippen LogP contribution is -2.35. The zero-order valence-electron chi connectivity index (χ0n) is 9.63. The molecular formula is C11H19N3S. The van der Waals surface area contributed by atoms with Crippen molar-refractivity contribution in [2.75, 3.05) is 0 Å². The van der Waals surface area contributed by atoms with E-state index in [2.05, 4.69) is 31.3 Å². The Kier molecular flexibility index (Phi) is 2.30. The molecule has 3 N–H and O–H groups in total. The summed E-state index contributed by atoms with van der Waals surface area (Å²) in [6.45, 7) is 7.03. The highest BCUT2D eigenvalue weighted by Crippen LogP contribution is 2.63. The molecule has 0 heterocycles. The third-order valence-electron chi connectivity index (χ3n) is 4.81. The van der Waals surface area contributed by atoms with Crippen molar-refractivity contribution in [2.45, 2.75) is 40.0 Å². The first-order chi connectivity index (χ1) is 6.88. The lowest BCUT2D eigenvalue weighted by atomic mass is 9.70. The third-order valence-corrected chi connectivity index (χ3v) is 4.90. The maximum atomic E-state index is 5.39. The predicted molar refractivity (Wildman–Crippen MR) is 66.6 cm³/mol. The number of fused-ring (bicyclic) bond motifs is 2. The molecule has 0 aromatic rings. The monoisotopic (exact) mass is 225 g/mol. The Bertz CT molecular complexity index is 335. The van der Waals surface area contributed by atoms with E-state index in [4.69, 9.17) is 18.0 Å². The van der Waals surface area contributed by atoms with E-state index < -0.39 is 0 Å². The van der Waals surface area contributed by atoms with Gasteiger partial charge < -0.3 is 5.73 Å². The van der Waals surface area contributed by atoms with Crippen LogP contribution >= 0.6 is 12.2 Å². The van der Waals surface area contributed by atoms with E-state index in [9.17, 15) is 0 Å². The van der Waals surface area contributed by atoms with Gasteiger partial charge in [-0.2, -0.15) is 5.10 Å². The minimum Gasteiger partial charge on any atom is -0.375 e. The Morgan fingerprint density at radius 1 is 1.53 bits per heavy atom. The number of rotatable bonds is 1. The Morgan fingerprint density at radius 2 is 2.20 bits per heavy atom. The fourth-order valence-electron chi connectivity index (χ4n) is 3.22. The Balaban J connectivity index is 2.26. The van der Waals surface area contributed by atoms with Gasteiger partial charge in [0.05, 0.1) is 0 Å². The smallest absolute Gasteiger partial charge is 0.184 e. The standard InChI is InChI=1S/C11H19N3S/c1-10(2)7-4-5-11(10,3)8(6-7)13-14-9(12)15/h7H,4-6H2,1-3H3,(H3,12,14,15)/b13-8+/t7-,11+/m1/s1. The van der Waals surface area contributed by atoms with Gasteiger partial charge in [0.25, 0.3) is 0 Å². The second-order valence-electron chi connectivity index (χ2n) is 5.53. The third kappa shape index (κ3) is 1.38. The topological polar surface area (TPSA) is 50.4 Å². The largest absolute Gasteiger partial charge is 0.375 e. The average molecular weight is 225 g/mol. The molecule has 2 atom stereocenters. The highest BCUT2D eigenvalue weighted by molar-refractivity contribution is 7.80. The minimum atomic E-state index is 0.232. The average Bonchev–Trinajstić information content (AvgIpc) is 2.46. The second kappa shape index (κ2) is 3.17. The molecule has 0 saturated heterocycles. The maximum Gasteiger partial charge on any atom is 0.184 e. The first-order valence-corrected chi connectivity index (χ1v) is 5.91. The summed E-state index contributed by atoms with van der Waals surface area (Å²) in [5.74, 6) is 0.773. The van der Waals surface area contributed by atoms with Gasteiger partial charge in [-0.3, -0.25) is 5.43 Å². The van der Waals surface area contributed by atoms with Crippen LogP contribution in [0.4, 0.5) is 0 Å². The van der Waals surface area contributed by atoms with E-state index in [0.717, 1.165) is 12.3 Å². The molecule has 0 aliphatic heterocycles. The van der Waals surface area contributed by atoms with Gasteiger partial charge in [0.2, 0.25) is 0 Å². The second-order valence-corrected chi connectivity index (χ2v) is 5.97. The summed E-state index contributed by atoms with van der Waals surface area (Å²) in [5, 5.41) is 4.63. The van der Waals surface area contributed by atoms with Gasteiger partial charge in [-0.15, -0.1) is 0 Å². The first kappa shape index (κ1) is 10.9. The van der Waals surface area contributed by atoms with E-state index in [1.165, 1.54) is 18.6 Å². The highest BCUT2D eigenvalue weighted by atomic mass is 32.1. The maximum absolute atomic E-state index is 5.39. The SMILES string of the molecule is CC1(C)[C@@H]2CC[C@@]1(C)/C(=N/NC(N)=S)C2. The molecule has 3 nitrogen and oxygen atoms in total. The van der Waals surface area contributed by atoms with E-state index in [-0.39, 0.29) is 10.5 Å². The van der Waals surface area contributed by atoms with Gasteiger partial charge in [-0.1, -0.05) is 20.8 Å². The number of thiocarbonyl (C=S) groups is 1. The van der Waals surface area contributed by atoms with Gasteiger partial charge in [-0.25, -0.2) is 0 Å². The molecule has 84 valence electrons. The number of nitrogens with one attached hydrogen (secondary N) is 1. The van der Waals surface area contributed by atoms with E-state index in [1.54, 1.807) is 0 Å². The predicted octanol–water partition coefficient (Wildman–Crippen LogP) is 2.02. The quantitative estimate of drug-likeness (QED) is 0.530. The van der Waals surface area contributed by atoms with Gasteiger partial charge in [-0.05, 0) is 42.8 Å². The van der Waals surface area contributed by atoms with Crippen LogP contribution in [0, 0.1) is 16.7 Å². The molecule has 2 saturated carbocycles. The number of hydrogen-bond donors (Lipinski definition) is 2. The van der Waals surface area contributed by atoms with Crippen molar-refractivity contribution in [3.8, 4) is 0 Å². The summed E-state index contributed by atoms with van der Waals surface area (Å²) >= 11 is 4.77. The van der Waals surface area contributed by atoms with Crippen LogP contribution in [-0.4, -0.2) is 10.8 Å². The van der Waals surface area contributed by atoms with Crippen LogP contribution in [0.1, 0.15) is 40.0 Å². The van der Waals surface area contributed by atoms with Crippen LogP contribution in [0.25, 0.3) is 0 Å². The van der Waals surface area contributed by atoms with Gasteiger partial charge >= 0.3 is 0 Å². The summed E-state index contributed by atoms with van der Waals surface area (Å²) < 4.78 is 0. The summed E-state index contributed by atoms with van der Waals surface area (Å²) in [5.41, 5.74) is 9.97. The summed E-state index contributed by atoms with van der Waals surface area (Å²) in [4.78, 5) is 0. The van der Waals surface area contributed by atoms with Gasteiger partial charge in [0.1, 0.15) is 0 Å². The molecule has 2 aliphatic rings. The van der Waals surface area contributed by atoms with Crippen LogP contribution in [0.15, 0.2) is 5.10 Å². The summed E-state index contributed by atoms with van der Waals surface area (Å²) in [7, 11) is 0. The van der Waals surface area contributed by atoms with E-state index >= 15 is 0 Å². The van der Waals surface area contributed by atoms with Gasteiger partial charge in [0.15, 0.2) is 5.11 Å². The molecule has 0 unspecified atom stereocenters. The summed E-state index contributed by atoms with van der Waals surface area (Å²) in [6, 6.07) is 0. The molecule has 2 rings (SSSR count). The molecule has 15 heavy (non-hydrogen) atoms. The van der Waals surface area contributed by atoms with Crippen molar-refractivity contribution >= 4 is 23.0 Å². The zero-order chi connectivity index (χ0) is 11.3. The zero-order valence-corrected chi connectivity index (χ0v) is 10.4. The lowest BCUT2D eigenvalue weighted by molar-refractivity contribution is 0.193. The number of nitrogens with zero attached hydrogens (tertiary/aromatic N) is 1. The molecule has 2 fully saturated rings. The van der Waals surface area contributed by atoms with Crippen LogP contribution in [0.2, 0.25) is 0 Å². The Labute approximate surface area is 96.5 Å². The molecule has 4 heteroatoms. The van der Waals surface area contributed by atoms with Crippen molar-refractivity contribution in [3.05, 3.63) is 0 Å². The molecule has 0 amide bonds. The molecule has 0 aromatic carbocycles. The molecule has 2 aliphatic carbocycles. The Hall–Kier alpha value is -0.640. The molecular weight excluding hydrogens is 206 g/mol. The van der Waals surface area contributed by atoms with Gasteiger partial charge in [0, 0.05) is 11.1 Å². The van der Waals surface area contributed by atoms with Crippen molar-refractivity contribution < 1.29 is 0 Å². The molecule has 0 radical (unpaired) electrons. The Morgan fingerprint density at radius 3 is 2.60 bits per heavy atom. The normalized spacial score (nSPS) is 39.7. The summed E-state index contributed by atoms with van der Waals surface area (Å²) in [6.07, 6.45) is 3.66. The van der Waals surface area contributed by atoms with Crippen molar-refractivity contribution in [1.29, 1.82) is 0 Å². The van der Waals surface area contributed by atoms with Crippen LogP contribution in [-0.2, 0) is 0 Å². The fraction of sp³-hybridized carbons (Fsp3) is 0.818. The van der Waals surface area contributed by atoms with Crippen molar-refractivity contribution in [1.82, 2.24) is 5.43 Å². The van der Waals surface area contributed by atoms with Crippen molar-refractivity contribution in [3.63, 3.8) is 0 Å². The van der Waals surface area contributed by atoms with Crippen LogP contribution in [0.3, 0.4) is 0 Å². The number of hydrogen-bond acceptors (Lipinski definition) is 2. The van der Waals surface area contributed by atoms with Crippen LogP contribution < -0.4 is 11.2 Å². The minimum absolute atomic E-state index is 0.232. The van der Waals surface area contributed by atoms with Crippen molar-refractivity contribution in [2.24, 2.45) is 27.6 Å². The number of nitrogens with two attached hydrogens (primary N) is 1. The molecule has 2 bridgehead atoms. The van der Waals surface area contributed by atoms with E-state index in [0.29, 0.717) is 5.41 Å². The van der Waals surface area contributed by atoms with E-state index in [1.807, 2.05) is 0 Å². The number of hydrazone groups is 1. The molecule has 0 aromatic heterocycles. The first-order valence-electron chi connectivity index (χ1n) is 5.50. The molecule has 0 spiro atoms. The fourth-order valence-corrected chi connectivity index (χ4v) is 3.27. The lowest BCUT2D eigenvalue weighted by Gasteiger charge is -2.34. The highest BCUT2D eigenvalue weighted by Gasteiger charge is 2.59. The van der Waals surface area contributed by atoms with Crippen LogP contribution in [0.5, 0.6) is 0 Å².